The van der Waals surface area contributed by atoms with Gasteiger partial charge in [-0.2, -0.15) is 0 Å². The standard InChI is InChI=1S/C14H20N2O4S/c1-14(2,3)20-13(17)15-10-4-6-11(7-5-10)16-21(18,19)12-8-9-12/h4-7,12,16H,8-9H2,1-3H3,(H,15,17). The molecule has 6 nitrogen and oxygen atoms in total. The number of sulfonamides is 1. The number of benzene rings is 1. The van der Waals surface area contributed by atoms with E-state index in [0.717, 1.165) is 0 Å². The largest absolute Gasteiger partial charge is 0.444 e. The van der Waals surface area contributed by atoms with Crippen molar-refractivity contribution in [2.75, 3.05) is 10.0 Å². The second-order valence-electron chi connectivity index (χ2n) is 6.05. The molecule has 0 bridgehead atoms. The smallest absolute Gasteiger partial charge is 0.412 e. The topological polar surface area (TPSA) is 84.5 Å². The lowest BCUT2D eigenvalue weighted by Gasteiger charge is -2.19. The Bertz CT molecular complexity index is 613. The number of carbonyl (C=O) groups is 1. The number of hydrogen-bond acceptors (Lipinski definition) is 4. The first kappa shape index (κ1) is 15.6. The first-order valence-electron chi connectivity index (χ1n) is 6.77. The van der Waals surface area contributed by atoms with Gasteiger partial charge in [-0.05, 0) is 57.9 Å². The van der Waals surface area contributed by atoms with Gasteiger partial charge in [0.15, 0.2) is 0 Å². The van der Waals surface area contributed by atoms with Crippen molar-refractivity contribution in [1.82, 2.24) is 0 Å². The van der Waals surface area contributed by atoms with Crippen LogP contribution >= 0.6 is 0 Å². The van der Waals surface area contributed by atoms with Gasteiger partial charge in [-0.3, -0.25) is 10.0 Å². The Kier molecular flexibility index (Phi) is 4.13. The Morgan fingerprint density at radius 3 is 2.14 bits per heavy atom. The van der Waals surface area contributed by atoms with Crippen molar-refractivity contribution < 1.29 is 17.9 Å². The summed E-state index contributed by atoms with van der Waals surface area (Å²) in [6.07, 6.45) is 0.884. The lowest BCUT2D eigenvalue weighted by Crippen LogP contribution is -2.27. The lowest BCUT2D eigenvalue weighted by molar-refractivity contribution is 0.0636. The van der Waals surface area contributed by atoms with Crippen LogP contribution in [0.25, 0.3) is 0 Å². The van der Waals surface area contributed by atoms with Gasteiger partial charge in [0.05, 0.1) is 5.25 Å². The van der Waals surface area contributed by atoms with Crippen LogP contribution < -0.4 is 10.0 Å². The molecule has 1 aliphatic rings. The molecular weight excluding hydrogens is 292 g/mol. The molecule has 1 aromatic rings. The average Bonchev–Trinajstić information content (AvgIpc) is 3.12. The van der Waals surface area contributed by atoms with Crippen molar-refractivity contribution in [3.63, 3.8) is 0 Å². The van der Waals surface area contributed by atoms with Gasteiger partial charge in [-0.1, -0.05) is 0 Å². The summed E-state index contributed by atoms with van der Waals surface area (Å²) in [7, 11) is -3.26. The average molecular weight is 312 g/mol. The molecule has 1 amide bonds. The number of hydrogen-bond donors (Lipinski definition) is 2. The zero-order valence-corrected chi connectivity index (χ0v) is 13.2. The second-order valence-corrected chi connectivity index (χ2v) is 8.01. The molecule has 1 saturated carbocycles. The maximum atomic E-state index is 11.8. The third kappa shape index (κ3) is 4.93. The maximum Gasteiger partial charge on any atom is 0.412 e. The summed E-state index contributed by atoms with van der Waals surface area (Å²) < 4.78 is 31.2. The van der Waals surface area contributed by atoms with Crippen LogP contribution in [0.15, 0.2) is 24.3 Å². The van der Waals surface area contributed by atoms with Gasteiger partial charge in [0.2, 0.25) is 10.0 Å². The normalized spacial score (nSPS) is 15.4. The van der Waals surface area contributed by atoms with E-state index in [9.17, 15) is 13.2 Å². The number of ether oxygens (including phenoxy) is 1. The van der Waals surface area contributed by atoms with E-state index in [2.05, 4.69) is 10.0 Å². The van der Waals surface area contributed by atoms with E-state index in [4.69, 9.17) is 4.74 Å². The third-order valence-corrected chi connectivity index (χ3v) is 4.62. The number of anilines is 2. The van der Waals surface area contributed by atoms with Crippen molar-refractivity contribution in [3.05, 3.63) is 24.3 Å². The second kappa shape index (κ2) is 5.55. The maximum absolute atomic E-state index is 11.8. The molecule has 1 aromatic carbocycles. The molecule has 0 radical (unpaired) electrons. The summed E-state index contributed by atoms with van der Waals surface area (Å²) >= 11 is 0. The number of rotatable bonds is 4. The summed E-state index contributed by atoms with van der Waals surface area (Å²) in [6.45, 7) is 5.34. The number of carbonyl (C=O) groups excluding carboxylic acids is 1. The highest BCUT2D eigenvalue weighted by Crippen LogP contribution is 2.29. The van der Waals surface area contributed by atoms with Crippen LogP contribution in [-0.2, 0) is 14.8 Å². The summed E-state index contributed by atoms with van der Waals surface area (Å²) in [5.41, 5.74) is 0.458. The van der Waals surface area contributed by atoms with Crippen LogP contribution in [0.3, 0.4) is 0 Å². The third-order valence-electron chi connectivity index (χ3n) is 2.75. The molecule has 0 atom stereocenters. The molecule has 21 heavy (non-hydrogen) atoms. The molecule has 1 fully saturated rings. The van der Waals surface area contributed by atoms with Crippen molar-refractivity contribution in [3.8, 4) is 0 Å². The van der Waals surface area contributed by atoms with Crippen molar-refractivity contribution in [2.45, 2.75) is 44.5 Å². The van der Waals surface area contributed by atoms with Crippen LogP contribution in [0.2, 0.25) is 0 Å². The molecule has 0 spiro atoms. The van der Waals surface area contributed by atoms with E-state index in [1.54, 1.807) is 45.0 Å². The molecule has 2 N–H and O–H groups in total. The first-order chi connectivity index (χ1) is 9.66. The minimum atomic E-state index is -3.26. The fraction of sp³-hybridized carbons (Fsp3) is 0.500. The van der Waals surface area contributed by atoms with E-state index in [-0.39, 0.29) is 5.25 Å². The van der Waals surface area contributed by atoms with E-state index in [1.807, 2.05) is 0 Å². The van der Waals surface area contributed by atoms with Gasteiger partial charge < -0.3 is 4.74 Å². The number of nitrogens with one attached hydrogen (secondary N) is 2. The van der Waals surface area contributed by atoms with Crippen LogP contribution in [0.5, 0.6) is 0 Å². The highest BCUT2D eigenvalue weighted by atomic mass is 32.2. The Morgan fingerprint density at radius 1 is 1.14 bits per heavy atom. The fourth-order valence-corrected chi connectivity index (χ4v) is 3.06. The predicted octanol–water partition coefficient (Wildman–Crippen LogP) is 2.94. The van der Waals surface area contributed by atoms with Crippen molar-refractivity contribution in [1.29, 1.82) is 0 Å². The zero-order chi connectivity index (χ0) is 15.7. The Labute approximate surface area is 124 Å². The lowest BCUT2D eigenvalue weighted by atomic mass is 10.2. The predicted molar refractivity (Wildman–Crippen MR) is 81.9 cm³/mol. The van der Waals surface area contributed by atoms with Crippen LogP contribution in [0, 0.1) is 0 Å². The quantitative estimate of drug-likeness (QED) is 0.895. The summed E-state index contributed by atoms with van der Waals surface area (Å²) in [6, 6.07) is 6.45. The highest BCUT2D eigenvalue weighted by Gasteiger charge is 2.35. The Morgan fingerprint density at radius 2 is 1.67 bits per heavy atom. The summed E-state index contributed by atoms with van der Waals surface area (Å²) in [5, 5.41) is 2.32. The Balaban J connectivity index is 1.94. The fourth-order valence-electron chi connectivity index (χ4n) is 1.67. The number of amides is 1. The van der Waals surface area contributed by atoms with Gasteiger partial charge in [-0.25, -0.2) is 13.2 Å². The highest BCUT2D eigenvalue weighted by molar-refractivity contribution is 7.93. The molecule has 7 heteroatoms. The molecule has 1 aliphatic carbocycles. The Hall–Kier alpha value is -1.76. The molecular formula is C14H20N2O4S. The summed E-state index contributed by atoms with van der Waals surface area (Å²) in [5.74, 6) is 0. The van der Waals surface area contributed by atoms with Gasteiger partial charge >= 0.3 is 6.09 Å². The zero-order valence-electron chi connectivity index (χ0n) is 12.3. The van der Waals surface area contributed by atoms with E-state index >= 15 is 0 Å². The van der Waals surface area contributed by atoms with Gasteiger partial charge in [0.1, 0.15) is 5.60 Å². The SMILES string of the molecule is CC(C)(C)OC(=O)Nc1ccc(NS(=O)(=O)C2CC2)cc1. The van der Waals surface area contributed by atoms with Gasteiger partial charge in [-0.15, -0.1) is 0 Å². The minimum Gasteiger partial charge on any atom is -0.444 e. The van der Waals surface area contributed by atoms with Crippen LogP contribution in [0.4, 0.5) is 16.2 Å². The van der Waals surface area contributed by atoms with Crippen molar-refractivity contribution in [2.24, 2.45) is 0 Å². The molecule has 0 unspecified atom stereocenters. The molecule has 0 saturated heterocycles. The van der Waals surface area contributed by atoms with Crippen LogP contribution in [0.1, 0.15) is 33.6 Å². The van der Waals surface area contributed by atoms with Gasteiger partial charge in [0, 0.05) is 11.4 Å². The van der Waals surface area contributed by atoms with E-state index in [1.165, 1.54) is 0 Å². The summed E-state index contributed by atoms with van der Waals surface area (Å²) in [4.78, 5) is 11.6. The molecule has 0 aromatic heterocycles. The first-order valence-corrected chi connectivity index (χ1v) is 8.32. The van der Waals surface area contributed by atoms with Crippen molar-refractivity contribution >= 4 is 27.5 Å². The molecule has 0 aliphatic heterocycles. The van der Waals surface area contributed by atoms with Crippen LogP contribution in [-0.4, -0.2) is 25.4 Å². The molecule has 116 valence electrons. The van der Waals surface area contributed by atoms with Gasteiger partial charge in [0.25, 0.3) is 0 Å². The van der Waals surface area contributed by atoms with E-state index in [0.29, 0.717) is 24.2 Å². The van der Waals surface area contributed by atoms with E-state index < -0.39 is 21.7 Å². The minimum absolute atomic E-state index is 0.267. The molecule has 0 heterocycles. The monoisotopic (exact) mass is 312 g/mol. The molecule has 2 rings (SSSR count).